The highest BCUT2D eigenvalue weighted by molar-refractivity contribution is 6.34. The van der Waals surface area contributed by atoms with Crippen molar-refractivity contribution in [3.05, 3.63) is 80.8 Å². The van der Waals surface area contributed by atoms with Gasteiger partial charge in [0.25, 0.3) is 5.91 Å². The predicted octanol–water partition coefficient (Wildman–Crippen LogP) is 5.94. The summed E-state index contributed by atoms with van der Waals surface area (Å²) in [6, 6.07) is 7.26. The van der Waals surface area contributed by atoms with Gasteiger partial charge in [-0.1, -0.05) is 23.7 Å². The number of carbonyl (C=O) groups excluding carboxylic acids is 1. The third kappa shape index (κ3) is 5.32. The number of carboxylic acid groups (broad SMARTS) is 1. The Morgan fingerprint density at radius 2 is 1.90 bits per heavy atom. The molecule has 0 saturated heterocycles. The summed E-state index contributed by atoms with van der Waals surface area (Å²) in [6.07, 6.45) is -2.36. The summed E-state index contributed by atoms with van der Waals surface area (Å²) in [7, 11) is 0. The Morgan fingerprint density at radius 3 is 2.49 bits per heavy atom. The number of carboxylic acids is 1. The molecule has 0 atom stereocenters. The summed E-state index contributed by atoms with van der Waals surface area (Å²) in [5, 5.41) is 20.5. The van der Waals surface area contributed by atoms with Crippen LogP contribution in [0.25, 0.3) is 0 Å². The first-order valence-corrected chi connectivity index (χ1v) is 13.0. The van der Waals surface area contributed by atoms with Gasteiger partial charge in [-0.3, -0.25) is 15.1 Å². The highest BCUT2D eigenvalue weighted by Crippen LogP contribution is 2.60. The summed E-state index contributed by atoms with van der Waals surface area (Å²) >= 11 is 6.29. The third-order valence-electron chi connectivity index (χ3n) is 7.74. The molecule has 0 radical (unpaired) electrons. The van der Waals surface area contributed by atoms with Crippen LogP contribution in [-0.2, 0) is 5.41 Å². The Hall–Kier alpha value is -3.24. The van der Waals surface area contributed by atoms with E-state index in [1.54, 1.807) is 0 Å². The molecule has 2 aromatic carbocycles. The van der Waals surface area contributed by atoms with Crippen molar-refractivity contribution in [2.24, 2.45) is 5.92 Å². The Kier molecular flexibility index (Phi) is 7.05. The Balaban J connectivity index is 1.51. The van der Waals surface area contributed by atoms with Gasteiger partial charge < -0.3 is 10.4 Å². The number of nitrogens with one attached hydrogen (secondary N) is 2. The molecule has 2 aliphatic carbocycles. The van der Waals surface area contributed by atoms with E-state index in [4.69, 9.17) is 22.1 Å². The molecule has 0 unspecified atom stereocenters. The lowest BCUT2D eigenvalue weighted by Gasteiger charge is -2.32. The molecule has 0 spiro atoms. The fourth-order valence-corrected chi connectivity index (χ4v) is 5.49. The Morgan fingerprint density at radius 1 is 1.18 bits per heavy atom. The van der Waals surface area contributed by atoms with E-state index in [9.17, 15) is 27.2 Å². The van der Waals surface area contributed by atoms with Crippen LogP contribution in [0.3, 0.4) is 0 Å². The number of rotatable bonds is 8. The van der Waals surface area contributed by atoms with E-state index in [0.717, 1.165) is 25.5 Å². The van der Waals surface area contributed by atoms with Gasteiger partial charge in [0.05, 0.1) is 27.3 Å². The van der Waals surface area contributed by atoms with E-state index < -0.39 is 29.3 Å². The lowest BCUT2D eigenvalue weighted by molar-refractivity contribution is -0.160. The molecule has 11 heteroatoms. The average Bonchev–Trinajstić information content (AvgIpc) is 3.78. The van der Waals surface area contributed by atoms with Crippen molar-refractivity contribution in [1.29, 1.82) is 5.41 Å². The fraction of sp³-hybridized carbons (Fsp3) is 0.393. The minimum Gasteiger partial charge on any atom is -0.478 e. The van der Waals surface area contributed by atoms with Gasteiger partial charge in [0.1, 0.15) is 5.82 Å². The van der Waals surface area contributed by atoms with Crippen LogP contribution in [0.5, 0.6) is 0 Å². The summed E-state index contributed by atoms with van der Waals surface area (Å²) in [5.74, 6) is -2.50. The topological polar surface area (TPSA) is 93.5 Å². The summed E-state index contributed by atoms with van der Waals surface area (Å²) < 4.78 is 56.8. The highest BCUT2D eigenvalue weighted by atomic mass is 35.5. The van der Waals surface area contributed by atoms with Crippen LogP contribution >= 0.6 is 11.6 Å². The lowest BCUT2D eigenvalue weighted by Crippen LogP contribution is -2.41. The second kappa shape index (κ2) is 10.1. The molecule has 3 aliphatic rings. The maximum absolute atomic E-state index is 14.8. The van der Waals surface area contributed by atoms with Crippen LogP contribution in [0.1, 0.15) is 63.9 Å². The number of benzene rings is 2. The SMILES string of the molecule is N=C(C1=C(NC(=O)c2c(Cl)cccc2C2(C(F)(F)F)CC2)CN(CC2CC2)CC1)c1ccc(C(=O)O)cc1F. The fourth-order valence-electron chi connectivity index (χ4n) is 5.23. The second-order valence-electron chi connectivity index (χ2n) is 10.5. The van der Waals surface area contributed by atoms with Crippen molar-refractivity contribution in [3.63, 3.8) is 0 Å². The van der Waals surface area contributed by atoms with Crippen molar-refractivity contribution in [2.45, 2.75) is 43.7 Å². The van der Waals surface area contributed by atoms with Crippen molar-refractivity contribution >= 4 is 29.2 Å². The zero-order valence-electron chi connectivity index (χ0n) is 20.8. The van der Waals surface area contributed by atoms with Crippen LogP contribution in [-0.4, -0.2) is 53.4 Å². The molecule has 2 fully saturated rings. The predicted molar refractivity (Wildman–Crippen MR) is 137 cm³/mol. The summed E-state index contributed by atoms with van der Waals surface area (Å²) in [6.45, 7) is 1.55. The molecule has 39 heavy (non-hydrogen) atoms. The van der Waals surface area contributed by atoms with Crippen LogP contribution < -0.4 is 5.32 Å². The number of amides is 1. The third-order valence-corrected chi connectivity index (χ3v) is 8.05. The van der Waals surface area contributed by atoms with Gasteiger partial charge in [-0.05, 0) is 73.4 Å². The van der Waals surface area contributed by atoms with Gasteiger partial charge in [-0.15, -0.1) is 0 Å². The van der Waals surface area contributed by atoms with Crippen LogP contribution in [0.2, 0.25) is 5.02 Å². The largest absolute Gasteiger partial charge is 0.478 e. The number of hydrogen-bond acceptors (Lipinski definition) is 4. The monoisotopic (exact) mass is 563 g/mol. The Labute approximate surface area is 227 Å². The van der Waals surface area contributed by atoms with Gasteiger partial charge in [-0.2, -0.15) is 13.2 Å². The minimum absolute atomic E-state index is 0.112. The van der Waals surface area contributed by atoms with Gasteiger partial charge in [0.15, 0.2) is 0 Å². The zero-order chi connectivity index (χ0) is 28.1. The first-order chi connectivity index (χ1) is 18.4. The number of halogens is 5. The lowest BCUT2D eigenvalue weighted by atomic mass is 9.89. The highest BCUT2D eigenvalue weighted by Gasteiger charge is 2.65. The quantitative estimate of drug-likeness (QED) is 0.274. The first kappa shape index (κ1) is 27.3. The van der Waals surface area contributed by atoms with Gasteiger partial charge in [0, 0.05) is 30.9 Å². The van der Waals surface area contributed by atoms with E-state index in [0.29, 0.717) is 30.2 Å². The molecule has 0 bridgehead atoms. The molecular weight excluding hydrogens is 538 g/mol. The van der Waals surface area contributed by atoms with E-state index in [1.807, 2.05) is 0 Å². The molecule has 206 valence electrons. The minimum atomic E-state index is -4.55. The van der Waals surface area contributed by atoms with Crippen molar-refractivity contribution in [2.75, 3.05) is 19.6 Å². The van der Waals surface area contributed by atoms with Crippen molar-refractivity contribution in [1.82, 2.24) is 10.2 Å². The first-order valence-electron chi connectivity index (χ1n) is 12.6. The molecule has 1 amide bonds. The number of alkyl halides is 3. The maximum atomic E-state index is 14.8. The van der Waals surface area contributed by atoms with E-state index in [-0.39, 0.29) is 52.4 Å². The molecule has 5 rings (SSSR count). The Bertz CT molecular complexity index is 1400. The van der Waals surface area contributed by atoms with Gasteiger partial charge >= 0.3 is 12.1 Å². The van der Waals surface area contributed by atoms with E-state index in [1.165, 1.54) is 30.3 Å². The number of nitrogens with zero attached hydrogens (tertiary/aromatic N) is 1. The van der Waals surface area contributed by atoms with Gasteiger partial charge in [-0.25, -0.2) is 9.18 Å². The standard InChI is InChI=1S/C28H26ClF4N3O3/c29-20-3-1-2-19(27(9-10-27)28(31,32)33)23(20)25(37)35-22-14-36(13-15-4-5-15)11-8-18(22)24(34)17-7-6-16(26(38)39)12-21(17)30/h1-3,6-7,12,15,34H,4-5,8-11,13-14H2,(H,35,37)(H,38,39). The molecule has 6 nitrogen and oxygen atoms in total. The van der Waals surface area contributed by atoms with Crippen LogP contribution in [0.4, 0.5) is 17.6 Å². The molecule has 2 saturated carbocycles. The van der Waals surface area contributed by atoms with Crippen molar-refractivity contribution in [3.8, 4) is 0 Å². The van der Waals surface area contributed by atoms with E-state index in [2.05, 4.69) is 10.2 Å². The molecule has 3 N–H and O–H groups in total. The summed E-state index contributed by atoms with van der Waals surface area (Å²) in [4.78, 5) is 26.9. The summed E-state index contributed by atoms with van der Waals surface area (Å²) in [5.41, 5.74) is -2.57. The van der Waals surface area contributed by atoms with Crippen molar-refractivity contribution < 1.29 is 32.3 Å². The second-order valence-corrected chi connectivity index (χ2v) is 10.9. The van der Waals surface area contributed by atoms with Gasteiger partial charge in [0.2, 0.25) is 0 Å². The molecule has 0 aromatic heterocycles. The van der Waals surface area contributed by atoms with Crippen LogP contribution in [0.15, 0.2) is 47.7 Å². The molecule has 2 aromatic rings. The van der Waals surface area contributed by atoms with E-state index >= 15 is 0 Å². The van der Waals surface area contributed by atoms with Crippen LogP contribution in [0, 0.1) is 17.1 Å². The smallest absolute Gasteiger partial charge is 0.398 e. The molecular formula is C28H26ClF4N3O3. The number of carbonyl (C=O) groups is 2. The maximum Gasteiger partial charge on any atom is 0.398 e. The molecule has 1 aliphatic heterocycles. The average molecular weight is 564 g/mol. The normalized spacial score (nSPS) is 19.1. The number of aromatic carboxylic acids is 1. The molecule has 1 heterocycles. The zero-order valence-corrected chi connectivity index (χ0v) is 21.6. The number of hydrogen-bond donors (Lipinski definition) is 3.